The number of hydrogen-bond donors (Lipinski definition) is 1. The number of hydrogen-bond acceptors (Lipinski definition) is 4. The molecule has 0 atom stereocenters. The molecule has 1 aromatic carbocycles. The van der Waals surface area contributed by atoms with E-state index in [2.05, 4.69) is 10.1 Å². The molecule has 0 aliphatic heterocycles. The molecule has 1 N–H and O–H groups in total. The van der Waals surface area contributed by atoms with E-state index < -0.39 is 0 Å². The number of para-hydroxylation sites is 1. The predicted molar refractivity (Wildman–Crippen MR) is 85.5 cm³/mol. The zero-order valence-electron chi connectivity index (χ0n) is 13.1. The van der Waals surface area contributed by atoms with Crippen LogP contribution in [0.4, 0.5) is 0 Å². The van der Waals surface area contributed by atoms with Crippen LogP contribution in [0, 0.1) is 0 Å². The van der Waals surface area contributed by atoms with Crippen molar-refractivity contribution in [1.82, 2.24) is 5.32 Å². The smallest absolute Gasteiger partial charge is 0.305 e. The lowest BCUT2D eigenvalue weighted by Gasteiger charge is -2.04. The van der Waals surface area contributed by atoms with E-state index in [0.29, 0.717) is 13.0 Å². The molecule has 22 heavy (non-hydrogen) atoms. The van der Waals surface area contributed by atoms with Crippen molar-refractivity contribution < 1.29 is 19.1 Å². The summed E-state index contributed by atoms with van der Waals surface area (Å²) in [5.41, 5.74) is 0.859. The molecule has 0 spiro atoms. The van der Waals surface area contributed by atoms with Gasteiger partial charge < -0.3 is 14.8 Å². The van der Waals surface area contributed by atoms with Gasteiger partial charge in [-0.2, -0.15) is 0 Å². The second-order valence-electron chi connectivity index (χ2n) is 4.75. The summed E-state index contributed by atoms with van der Waals surface area (Å²) in [6, 6.07) is 7.50. The molecular formula is C17H23NO4. The molecule has 5 nitrogen and oxygen atoms in total. The summed E-state index contributed by atoms with van der Waals surface area (Å²) in [5.74, 6) is 0.400. The van der Waals surface area contributed by atoms with Gasteiger partial charge in [-0.05, 0) is 25.0 Å². The molecular weight excluding hydrogens is 282 g/mol. The van der Waals surface area contributed by atoms with E-state index >= 15 is 0 Å². The van der Waals surface area contributed by atoms with E-state index in [1.165, 1.54) is 13.2 Å². The van der Waals surface area contributed by atoms with Crippen LogP contribution in [0.25, 0.3) is 6.08 Å². The highest BCUT2D eigenvalue weighted by atomic mass is 16.5. The van der Waals surface area contributed by atoms with Crippen molar-refractivity contribution in [3.8, 4) is 5.75 Å². The maximum atomic E-state index is 11.7. The van der Waals surface area contributed by atoms with Gasteiger partial charge in [0.1, 0.15) is 5.75 Å². The van der Waals surface area contributed by atoms with Gasteiger partial charge in [0.2, 0.25) is 5.91 Å². The monoisotopic (exact) mass is 305 g/mol. The number of methoxy groups -OCH3 is 2. The summed E-state index contributed by atoms with van der Waals surface area (Å²) in [6.07, 6.45) is 6.15. The number of rotatable bonds is 9. The predicted octanol–water partition coefficient (Wildman–Crippen LogP) is 2.56. The Morgan fingerprint density at radius 2 is 1.91 bits per heavy atom. The first-order valence-corrected chi connectivity index (χ1v) is 7.33. The minimum atomic E-state index is -0.191. The molecule has 0 unspecified atom stereocenters. The van der Waals surface area contributed by atoms with Crippen molar-refractivity contribution in [3.05, 3.63) is 35.9 Å². The van der Waals surface area contributed by atoms with Crippen LogP contribution >= 0.6 is 0 Å². The Hall–Kier alpha value is -2.30. The van der Waals surface area contributed by atoms with Crippen molar-refractivity contribution in [2.45, 2.75) is 25.7 Å². The lowest BCUT2D eigenvalue weighted by atomic mass is 10.2. The fourth-order valence-corrected chi connectivity index (χ4v) is 1.91. The number of ether oxygens (including phenoxy) is 2. The van der Waals surface area contributed by atoms with E-state index in [-0.39, 0.29) is 11.9 Å². The van der Waals surface area contributed by atoms with E-state index in [9.17, 15) is 9.59 Å². The maximum Gasteiger partial charge on any atom is 0.305 e. The normalized spacial score (nSPS) is 10.5. The minimum absolute atomic E-state index is 0.140. The van der Waals surface area contributed by atoms with Crippen molar-refractivity contribution >= 4 is 18.0 Å². The molecule has 0 aliphatic carbocycles. The molecule has 0 fully saturated rings. The van der Waals surface area contributed by atoms with Gasteiger partial charge in [0.25, 0.3) is 0 Å². The molecule has 1 amide bonds. The average molecular weight is 305 g/mol. The first-order chi connectivity index (χ1) is 10.7. The van der Waals surface area contributed by atoms with Crippen LogP contribution in [0.1, 0.15) is 31.2 Å². The Kier molecular flexibility index (Phi) is 8.42. The van der Waals surface area contributed by atoms with Crippen LogP contribution in [0.15, 0.2) is 30.3 Å². The Bertz CT molecular complexity index is 511. The zero-order chi connectivity index (χ0) is 16.2. The maximum absolute atomic E-state index is 11.7. The Labute approximate surface area is 131 Å². The highest BCUT2D eigenvalue weighted by Gasteiger charge is 2.01. The molecule has 0 aromatic heterocycles. The van der Waals surface area contributed by atoms with Gasteiger partial charge in [-0.25, -0.2) is 0 Å². The summed E-state index contributed by atoms with van der Waals surface area (Å²) in [4.78, 5) is 22.6. The summed E-state index contributed by atoms with van der Waals surface area (Å²) >= 11 is 0. The van der Waals surface area contributed by atoms with Crippen LogP contribution in [-0.4, -0.2) is 32.6 Å². The third-order valence-corrected chi connectivity index (χ3v) is 3.14. The van der Waals surface area contributed by atoms with Crippen LogP contribution in [0.5, 0.6) is 5.75 Å². The van der Waals surface area contributed by atoms with Crippen molar-refractivity contribution in [3.63, 3.8) is 0 Å². The van der Waals surface area contributed by atoms with Gasteiger partial charge in [-0.1, -0.05) is 24.6 Å². The number of esters is 1. The fourth-order valence-electron chi connectivity index (χ4n) is 1.91. The minimum Gasteiger partial charge on any atom is -0.496 e. The van der Waals surface area contributed by atoms with Crippen LogP contribution < -0.4 is 10.1 Å². The molecule has 0 bridgehead atoms. The molecule has 0 saturated heterocycles. The zero-order valence-corrected chi connectivity index (χ0v) is 13.1. The highest BCUT2D eigenvalue weighted by molar-refractivity contribution is 5.92. The molecule has 1 aromatic rings. The number of unbranched alkanes of at least 4 members (excludes halogenated alkanes) is 2. The van der Waals surface area contributed by atoms with Crippen molar-refractivity contribution in [2.75, 3.05) is 20.8 Å². The fraction of sp³-hybridized carbons (Fsp3) is 0.412. The summed E-state index contributed by atoms with van der Waals surface area (Å²) in [7, 11) is 2.98. The number of carbonyl (C=O) groups is 2. The Morgan fingerprint density at radius 1 is 1.14 bits per heavy atom. The SMILES string of the molecule is COC(=O)CCCCCNC(=O)/C=C/c1ccccc1OC. The summed E-state index contributed by atoms with van der Waals surface area (Å²) in [5, 5.41) is 2.81. The molecule has 0 heterocycles. The van der Waals surface area contributed by atoms with E-state index in [1.54, 1.807) is 13.2 Å². The molecule has 5 heteroatoms. The Balaban J connectivity index is 2.23. The Morgan fingerprint density at radius 3 is 2.64 bits per heavy atom. The third kappa shape index (κ3) is 6.92. The topological polar surface area (TPSA) is 64.6 Å². The highest BCUT2D eigenvalue weighted by Crippen LogP contribution is 2.18. The molecule has 1 rings (SSSR count). The molecule has 0 aliphatic rings. The van der Waals surface area contributed by atoms with Gasteiger partial charge in [-0.3, -0.25) is 9.59 Å². The first kappa shape index (κ1) is 17.8. The lowest BCUT2D eigenvalue weighted by molar-refractivity contribution is -0.140. The number of carbonyl (C=O) groups excluding carboxylic acids is 2. The summed E-state index contributed by atoms with van der Waals surface area (Å²) < 4.78 is 9.77. The first-order valence-electron chi connectivity index (χ1n) is 7.33. The van der Waals surface area contributed by atoms with Crippen molar-refractivity contribution in [1.29, 1.82) is 0 Å². The second kappa shape index (κ2) is 10.4. The number of nitrogens with one attached hydrogen (secondary N) is 1. The number of amides is 1. The lowest BCUT2D eigenvalue weighted by Crippen LogP contribution is -2.22. The van der Waals surface area contributed by atoms with Gasteiger partial charge in [0.15, 0.2) is 0 Å². The standard InChI is InChI=1S/C17H23NO4/c1-21-15-9-6-5-8-14(15)11-12-16(19)18-13-7-3-4-10-17(20)22-2/h5-6,8-9,11-12H,3-4,7,10,13H2,1-2H3,(H,18,19)/b12-11+. The van der Waals surface area contributed by atoms with Crippen LogP contribution in [0.3, 0.4) is 0 Å². The summed E-state index contributed by atoms with van der Waals surface area (Å²) in [6.45, 7) is 0.594. The molecule has 0 saturated carbocycles. The van der Waals surface area contributed by atoms with E-state index in [4.69, 9.17) is 4.74 Å². The van der Waals surface area contributed by atoms with Gasteiger partial charge in [0.05, 0.1) is 14.2 Å². The van der Waals surface area contributed by atoms with E-state index in [0.717, 1.165) is 30.6 Å². The molecule has 0 radical (unpaired) electrons. The average Bonchev–Trinajstić information content (AvgIpc) is 2.55. The van der Waals surface area contributed by atoms with E-state index in [1.807, 2.05) is 24.3 Å². The van der Waals surface area contributed by atoms with Crippen LogP contribution in [-0.2, 0) is 14.3 Å². The van der Waals surface area contributed by atoms with Gasteiger partial charge in [0, 0.05) is 24.6 Å². The second-order valence-corrected chi connectivity index (χ2v) is 4.75. The van der Waals surface area contributed by atoms with Gasteiger partial charge in [-0.15, -0.1) is 0 Å². The number of benzene rings is 1. The quantitative estimate of drug-likeness (QED) is 0.432. The largest absolute Gasteiger partial charge is 0.496 e. The van der Waals surface area contributed by atoms with Gasteiger partial charge >= 0.3 is 5.97 Å². The molecule has 120 valence electrons. The van der Waals surface area contributed by atoms with Crippen LogP contribution in [0.2, 0.25) is 0 Å². The third-order valence-electron chi connectivity index (χ3n) is 3.14. The van der Waals surface area contributed by atoms with Crippen molar-refractivity contribution in [2.24, 2.45) is 0 Å².